The number of terminal acetylenes is 1. The third-order valence-corrected chi connectivity index (χ3v) is 5.12. The summed E-state index contributed by atoms with van der Waals surface area (Å²) in [6.45, 7) is 1.72. The van der Waals surface area contributed by atoms with E-state index >= 15 is 0 Å². The van der Waals surface area contributed by atoms with Gasteiger partial charge >= 0.3 is 0 Å². The fourth-order valence-corrected chi connectivity index (χ4v) is 3.17. The molecule has 2 aromatic carbocycles. The third-order valence-electron chi connectivity index (χ3n) is 4.18. The zero-order chi connectivity index (χ0) is 21.3. The highest BCUT2D eigenvalue weighted by atomic mass is 127. The smallest absolute Gasteiger partial charge is 0.163 e. The Morgan fingerprint density at radius 2 is 1.67 bits per heavy atom. The second kappa shape index (κ2) is 11.0. The summed E-state index contributed by atoms with van der Waals surface area (Å²) in [7, 11) is 3.25. The molecule has 1 N–H and O–H groups in total. The van der Waals surface area contributed by atoms with Crippen molar-refractivity contribution in [1.29, 1.82) is 0 Å². The number of ether oxygens (including phenoxy) is 4. The Kier molecular flexibility index (Phi) is 8.07. The van der Waals surface area contributed by atoms with Gasteiger partial charge in [0.05, 0.1) is 24.4 Å². The lowest BCUT2D eigenvalue weighted by Crippen LogP contribution is -2.09. The normalized spacial score (nSPS) is 10.6. The molecule has 0 radical (unpaired) electrons. The van der Waals surface area contributed by atoms with Crippen LogP contribution in [0.4, 0.5) is 11.5 Å². The highest BCUT2D eigenvalue weighted by Crippen LogP contribution is 2.35. The van der Waals surface area contributed by atoms with Gasteiger partial charge in [0.25, 0.3) is 0 Å². The van der Waals surface area contributed by atoms with E-state index in [2.05, 4.69) is 43.8 Å². The van der Waals surface area contributed by atoms with Crippen LogP contribution in [0.2, 0.25) is 0 Å². The molecule has 1 aromatic heterocycles. The van der Waals surface area contributed by atoms with Crippen molar-refractivity contribution in [2.24, 2.45) is 0 Å². The number of nitrogens with zero attached hydrogens (tertiary/aromatic N) is 2. The molecule has 3 rings (SSSR count). The molecule has 7 nitrogen and oxygen atoms in total. The summed E-state index contributed by atoms with van der Waals surface area (Å²) in [6, 6.07) is 9.48. The predicted octanol–water partition coefficient (Wildman–Crippen LogP) is 4.01. The molecule has 1 heterocycles. The number of hydrogen-bond donors (Lipinski definition) is 1. The minimum atomic E-state index is 0.390. The van der Waals surface area contributed by atoms with Gasteiger partial charge in [0.2, 0.25) is 0 Å². The molecule has 30 heavy (non-hydrogen) atoms. The highest BCUT2D eigenvalue weighted by Gasteiger charge is 2.13. The topological polar surface area (TPSA) is 74.7 Å². The van der Waals surface area contributed by atoms with Crippen LogP contribution in [0.1, 0.15) is 5.56 Å². The molecule has 8 heteroatoms. The number of nitrogens with one attached hydrogen (secondary N) is 1. The van der Waals surface area contributed by atoms with Crippen molar-refractivity contribution in [2.75, 3.05) is 46.0 Å². The van der Waals surface area contributed by atoms with E-state index in [0.29, 0.717) is 43.7 Å². The fraction of sp³-hybridized carbons (Fsp3) is 0.273. The second-order valence-corrected chi connectivity index (χ2v) is 7.35. The van der Waals surface area contributed by atoms with Gasteiger partial charge in [0, 0.05) is 34.8 Å². The summed E-state index contributed by atoms with van der Waals surface area (Å²) < 4.78 is 22.9. The number of methoxy groups -OCH3 is 2. The SMILES string of the molecule is C#Cc1ccc(I)c(Nc2ncnc3cc(OCCOC)c(OCCOC)cc23)c1. The van der Waals surface area contributed by atoms with E-state index in [1.54, 1.807) is 14.2 Å². The Morgan fingerprint density at radius 1 is 0.967 bits per heavy atom. The van der Waals surface area contributed by atoms with Crippen LogP contribution in [-0.2, 0) is 9.47 Å². The van der Waals surface area contributed by atoms with Crippen LogP contribution in [-0.4, -0.2) is 50.6 Å². The Bertz CT molecular complexity index is 1050. The minimum absolute atomic E-state index is 0.390. The monoisotopic (exact) mass is 519 g/mol. The molecule has 0 aliphatic carbocycles. The summed E-state index contributed by atoms with van der Waals surface area (Å²) in [5.41, 5.74) is 2.38. The molecule has 156 valence electrons. The molecule has 0 fully saturated rings. The average Bonchev–Trinajstić information content (AvgIpc) is 2.76. The highest BCUT2D eigenvalue weighted by molar-refractivity contribution is 14.1. The molecular weight excluding hydrogens is 497 g/mol. The van der Waals surface area contributed by atoms with E-state index in [4.69, 9.17) is 25.4 Å². The lowest BCUT2D eigenvalue weighted by molar-refractivity contribution is 0.132. The van der Waals surface area contributed by atoms with Crippen molar-refractivity contribution in [3.8, 4) is 23.8 Å². The van der Waals surface area contributed by atoms with E-state index in [-0.39, 0.29) is 0 Å². The van der Waals surface area contributed by atoms with Crippen LogP contribution in [0.25, 0.3) is 10.9 Å². The van der Waals surface area contributed by atoms with Gasteiger partial charge in [0.1, 0.15) is 25.4 Å². The van der Waals surface area contributed by atoms with Gasteiger partial charge in [-0.05, 0) is 46.9 Å². The van der Waals surface area contributed by atoms with Crippen LogP contribution in [0.5, 0.6) is 11.5 Å². The lowest BCUT2D eigenvalue weighted by Gasteiger charge is -2.15. The number of halogens is 1. The average molecular weight is 519 g/mol. The summed E-state index contributed by atoms with van der Waals surface area (Å²) in [6.07, 6.45) is 7.05. The maximum atomic E-state index is 5.88. The largest absolute Gasteiger partial charge is 0.487 e. The Morgan fingerprint density at radius 3 is 2.33 bits per heavy atom. The van der Waals surface area contributed by atoms with E-state index in [1.807, 2.05) is 30.3 Å². The summed E-state index contributed by atoms with van der Waals surface area (Å²) in [5, 5.41) is 4.16. The van der Waals surface area contributed by atoms with Gasteiger partial charge in [-0.3, -0.25) is 0 Å². The number of aromatic nitrogens is 2. The Hall–Kier alpha value is -2.61. The molecule has 3 aromatic rings. The maximum Gasteiger partial charge on any atom is 0.163 e. The molecular formula is C22H22IN3O4. The van der Waals surface area contributed by atoms with Crippen LogP contribution in [0.3, 0.4) is 0 Å². The first-order valence-corrected chi connectivity index (χ1v) is 10.3. The quantitative estimate of drug-likeness (QED) is 0.247. The molecule has 0 spiro atoms. The first kappa shape index (κ1) is 22.1. The first-order chi connectivity index (χ1) is 14.7. The van der Waals surface area contributed by atoms with Crippen molar-refractivity contribution >= 4 is 45.0 Å². The molecule has 0 bridgehead atoms. The zero-order valence-corrected chi connectivity index (χ0v) is 18.9. The van der Waals surface area contributed by atoms with Gasteiger partial charge < -0.3 is 24.3 Å². The number of hydrogen-bond acceptors (Lipinski definition) is 7. The number of benzene rings is 2. The first-order valence-electron chi connectivity index (χ1n) is 9.21. The molecule has 0 aliphatic heterocycles. The molecule has 0 saturated carbocycles. The predicted molar refractivity (Wildman–Crippen MR) is 125 cm³/mol. The Balaban J connectivity index is 1.99. The van der Waals surface area contributed by atoms with Crippen molar-refractivity contribution in [3.05, 3.63) is 45.8 Å². The standard InChI is InChI=1S/C22H22IN3O4/c1-4-15-5-6-17(23)19(11-15)26-22-16-12-20(29-9-7-27-2)21(30-10-8-28-3)13-18(16)24-14-25-22/h1,5-6,11-14H,7-10H2,2-3H3,(H,24,25,26). The maximum absolute atomic E-state index is 5.88. The summed E-state index contributed by atoms with van der Waals surface area (Å²) >= 11 is 2.25. The van der Waals surface area contributed by atoms with Crippen molar-refractivity contribution in [2.45, 2.75) is 0 Å². The van der Waals surface area contributed by atoms with Gasteiger partial charge in [-0.1, -0.05) is 5.92 Å². The molecule has 0 amide bonds. The fourth-order valence-electron chi connectivity index (χ4n) is 2.70. The van der Waals surface area contributed by atoms with E-state index < -0.39 is 0 Å². The van der Waals surface area contributed by atoms with Crippen LogP contribution in [0, 0.1) is 15.9 Å². The lowest BCUT2D eigenvalue weighted by atomic mass is 10.2. The van der Waals surface area contributed by atoms with Crippen molar-refractivity contribution in [1.82, 2.24) is 9.97 Å². The van der Waals surface area contributed by atoms with E-state index in [9.17, 15) is 0 Å². The van der Waals surface area contributed by atoms with Gasteiger partial charge in [-0.15, -0.1) is 6.42 Å². The van der Waals surface area contributed by atoms with Crippen LogP contribution >= 0.6 is 22.6 Å². The van der Waals surface area contributed by atoms with Gasteiger partial charge in [-0.25, -0.2) is 9.97 Å². The second-order valence-electron chi connectivity index (χ2n) is 6.18. The molecule has 0 saturated heterocycles. The molecule has 0 unspecified atom stereocenters. The van der Waals surface area contributed by atoms with Crippen molar-refractivity contribution in [3.63, 3.8) is 0 Å². The number of anilines is 2. The van der Waals surface area contributed by atoms with E-state index in [1.165, 1.54) is 6.33 Å². The van der Waals surface area contributed by atoms with Crippen LogP contribution in [0.15, 0.2) is 36.7 Å². The summed E-state index contributed by atoms with van der Waals surface area (Å²) in [5.74, 6) is 4.47. The Labute approximate surface area is 189 Å². The summed E-state index contributed by atoms with van der Waals surface area (Å²) in [4.78, 5) is 8.81. The van der Waals surface area contributed by atoms with Crippen LogP contribution < -0.4 is 14.8 Å². The van der Waals surface area contributed by atoms with Crippen molar-refractivity contribution < 1.29 is 18.9 Å². The number of fused-ring (bicyclic) bond motifs is 1. The third kappa shape index (κ3) is 5.50. The molecule has 0 aliphatic rings. The van der Waals surface area contributed by atoms with E-state index in [0.717, 1.165) is 25.7 Å². The zero-order valence-electron chi connectivity index (χ0n) is 16.8. The minimum Gasteiger partial charge on any atom is -0.487 e. The molecule has 0 atom stereocenters. The number of rotatable bonds is 10. The van der Waals surface area contributed by atoms with Gasteiger partial charge in [0.15, 0.2) is 11.5 Å². The van der Waals surface area contributed by atoms with Gasteiger partial charge in [-0.2, -0.15) is 0 Å².